The summed E-state index contributed by atoms with van der Waals surface area (Å²) in [6.45, 7) is 0.175. The van der Waals surface area contributed by atoms with E-state index in [0.29, 0.717) is 41.6 Å². The second-order valence-electron chi connectivity index (χ2n) is 7.09. The smallest absolute Gasteiger partial charge is 0.235 e. The van der Waals surface area contributed by atoms with Gasteiger partial charge in [0, 0.05) is 12.6 Å². The number of aliphatic hydroxyl groups is 1. The summed E-state index contributed by atoms with van der Waals surface area (Å²) in [7, 11) is 1.78. The van der Waals surface area contributed by atoms with Crippen LogP contribution < -0.4 is 4.74 Å². The Labute approximate surface area is 164 Å². The summed E-state index contributed by atoms with van der Waals surface area (Å²) in [6, 6.07) is 8.18. The molecule has 5 rings (SSSR count). The number of ether oxygens (including phenoxy) is 1. The number of aryl methyl sites for hydroxylation is 1. The number of benzene rings is 1. The van der Waals surface area contributed by atoms with E-state index in [2.05, 4.69) is 25.4 Å². The van der Waals surface area contributed by atoms with Crippen molar-refractivity contribution in [3.63, 3.8) is 0 Å². The van der Waals surface area contributed by atoms with Crippen molar-refractivity contribution in [2.45, 2.75) is 31.5 Å². The summed E-state index contributed by atoms with van der Waals surface area (Å²) in [5.74, 6) is 1.03. The Bertz CT molecular complexity index is 1180. The first kappa shape index (κ1) is 17.7. The fourth-order valence-electron chi connectivity index (χ4n) is 3.47. The van der Waals surface area contributed by atoms with Gasteiger partial charge in [-0.1, -0.05) is 12.1 Å². The molecule has 10 heteroatoms. The Morgan fingerprint density at radius 2 is 2.07 bits per heavy atom. The SMILES string of the molecule is Cn1ncnc1COc1nn2c(-c3ccccc3F)nnc2cc1C1CC(O)C1. The average Bonchev–Trinajstić information content (AvgIpc) is 3.29. The number of hydrogen-bond donors (Lipinski definition) is 1. The molecule has 0 aliphatic heterocycles. The molecule has 3 heterocycles. The van der Waals surface area contributed by atoms with E-state index in [1.54, 1.807) is 29.9 Å². The minimum absolute atomic E-state index is 0.116. The number of aromatic nitrogens is 7. The highest BCUT2D eigenvalue weighted by Gasteiger charge is 2.32. The molecule has 1 N–H and O–H groups in total. The van der Waals surface area contributed by atoms with E-state index in [9.17, 15) is 9.50 Å². The van der Waals surface area contributed by atoms with Gasteiger partial charge in [0.05, 0.1) is 11.7 Å². The number of halogens is 1. The van der Waals surface area contributed by atoms with E-state index in [-0.39, 0.29) is 18.6 Å². The van der Waals surface area contributed by atoms with E-state index < -0.39 is 5.82 Å². The van der Waals surface area contributed by atoms with E-state index in [1.165, 1.54) is 16.9 Å². The summed E-state index contributed by atoms with van der Waals surface area (Å²) in [5, 5.41) is 26.6. The predicted molar refractivity (Wildman–Crippen MR) is 99.5 cm³/mol. The number of aliphatic hydroxyl groups excluding tert-OH is 1. The Balaban J connectivity index is 1.58. The molecule has 148 valence electrons. The molecule has 1 fully saturated rings. The number of nitrogens with zero attached hydrogens (tertiary/aromatic N) is 7. The second-order valence-corrected chi connectivity index (χ2v) is 7.09. The second kappa shape index (κ2) is 6.89. The van der Waals surface area contributed by atoms with Gasteiger partial charge in [-0.3, -0.25) is 4.68 Å². The van der Waals surface area contributed by atoms with Gasteiger partial charge in [0.25, 0.3) is 0 Å². The highest BCUT2D eigenvalue weighted by atomic mass is 19.1. The molecular formula is C19H18FN7O2. The van der Waals surface area contributed by atoms with Crippen molar-refractivity contribution in [2.75, 3.05) is 0 Å². The van der Waals surface area contributed by atoms with Crippen LogP contribution in [0.3, 0.4) is 0 Å². The van der Waals surface area contributed by atoms with Gasteiger partial charge in [-0.15, -0.1) is 15.3 Å². The lowest BCUT2D eigenvalue weighted by Crippen LogP contribution is -2.27. The highest BCUT2D eigenvalue weighted by Crippen LogP contribution is 2.41. The molecular weight excluding hydrogens is 377 g/mol. The zero-order valence-electron chi connectivity index (χ0n) is 15.6. The van der Waals surface area contributed by atoms with Crippen molar-refractivity contribution in [1.82, 2.24) is 34.6 Å². The Morgan fingerprint density at radius 1 is 1.24 bits per heavy atom. The van der Waals surface area contributed by atoms with Crippen LogP contribution in [0.4, 0.5) is 4.39 Å². The van der Waals surface area contributed by atoms with Gasteiger partial charge in [-0.2, -0.15) is 9.61 Å². The zero-order chi connectivity index (χ0) is 20.0. The summed E-state index contributed by atoms with van der Waals surface area (Å²) in [4.78, 5) is 4.16. The van der Waals surface area contributed by atoms with Crippen molar-refractivity contribution >= 4 is 5.65 Å². The lowest BCUT2D eigenvalue weighted by atomic mass is 9.78. The van der Waals surface area contributed by atoms with E-state index in [1.807, 2.05) is 6.07 Å². The van der Waals surface area contributed by atoms with Gasteiger partial charge < -0.3 is 9.84 Å². The average molecular weight is 395 g/mol. The lowest BCUT2D eigenvalue weighted by Gasteiger charge is -2.32. The molecule has 0 amide bonds. The number of hydrogen-bond acceptors (Lipinski definition) is 7. The molecule has 0 atom stereocenters. The van der Waals surface area contributed by atoms with Crippen LogP contribution >= 0.6 is 0 Å². The van der Waals surface area contributed by atoms with Crippen molar-refractivity contribution in [3.8, 4) is 17.3 Å². The molecule has 1 aliphatic rings. The standard InChI is InChI=1S/C19H18FN7O2/c1-26-17(21-10-22-26)9-29-19-14(11-6-12(28)7-11)8-16-23-24-18(27(16)25-19)13-4-2-3-5-15(13)20/h2-5,8,10-12,28H,6-7,9H2,1H3. The zero-order valence-corrected chi connectivity index (χ0v) is 15.6. The van der Waals surface area contributed by atoms with E-state index in [4.69, 9.17) is 4.74 Å². The topological polar surface area (TPSA) is 103 Å². The maximum absolute atomic E-state index is 14.3. The van der Waals surface area contributed by atoms with Gasteiger partial charge in [-0.05, 0) is 37.0 Å². The Morgan fingerprint density at radius 3 is 2.79 bits per heavy atom. The Hall–Kier alpha value is -3.40. The maximum atomic E-state index is 14.3. The van der Waals surface area contributed by atoms with Crippen molar-refractivity contribution in [1.29, 1.82) is 0 Å². The molecule has 1 aromatic carbocycles. The van der Waals surface area contributed by atoms with E-state index in [0.717, 1.165) is 5.56 Å². The maximum Gasteiger partial charge on any atom is 0.235 e. The number of fused-ring (bicyclic) bond motifs is 1. The molecule has 1 aliphatic carbocycles. The fourth-order valence-corrected chi connectivity index (χ4v) is 3.47. The van der Waals surface area contributed by atoms with Crippen molar-refractivity contribution in [3.05, 3.63) is 53.9 Å². The quantitative estimate of drug-likeness (QED) is 0.550. The van der Waals surface area contributed by atoms with Gasteiger partial charge in [0.2, 0.25) is 5.88 Å². The van der Waals surface area contributed by atoms with Crippen LogP contribution in [0, 0.1) is 5.82 Å². The van der Waals surface area contributed by atoms with Gasteiger partial charge >= 0.3 is 0 Å². The monoisotopic (exact) mass is 395 g/mol. The van der Waals surface area contributed by atoms with Crippen molar-refractivity contribution in [2.24, 2.45) is 7.05 Å². The van der Waals surface area contributed by atoms with Crippen molar-refractivity contribution < 1.29 is 14.2 Å². The summed E-state index contributed by atoms with van der Waals surface area (Å²) in [5.41, 5.74) is 1.64. The third-order valence-corrected chi connectivity index (χ3v) is 5.20. The van der Waals surface area contributed by atoms with Gasteiger partial charge in [0.1, 0.15) is 18.8 Å². The molecule has 4 aromatic rings. The van der Waals surface area contributed by atoms with Crippen LogP contribution in [0.25, 0.3) is 17.0 Å². The fraction of sp³-hybridized carbons (Fsp3) is 0.316. The number of rotatable bonds is 5. The van der Waals surface area contributed by atoms with Crippen LogP contribution in [-0.2, 0) is 13.7 Å². The molecule has 9 nitrogen and oxygen atoms in total. The largest absolute Gasteiger partial charge is 0.468 e. The van der Waals surface area contributed by atoms with Crippen LogP contribution in [0.2, 0.25) is 0 Å². The summed E-state index contributed by atoms with van der Waals surface area (Å²) in [6.07, 6.45) is 2.39. The third kappa shape index (κ3) is 3.11. The molecule has 29 heavy (non-hydrogen) atoms. The molecule has 0 unspecified atom stereocenters. The first-order valence-electron chi connectivity index (χ1n) is 9.25. The Kier molecular flexibility index (Phi) is 4.20. The van der Waals surface area contributed by atoms with Crippen LogP contribution in [0.1, 0.15) is 30.1 Å². The highest BCUT2D eigenvalue weighted by molar-refractivity contribution is 5.60. The molecule has 0 saturated heterocycles. The molecule has 0 bridgehead atoms. The third-order valence-electron chi connectivity index (χ3n) is 5.20. The van der Waals surface area contributed by atoms with Gasteiger partial charge in [0.15, 0.2) is 17.3 Å². The van der Waals surface area contributed by atoms with E-state index >= 15 is 0 Å². The minimum atomic E-state index is -0.406. The van der Waals surface area contributed by atoms with Crippen LogP contribution in [0.15, 0.2) is 36.7 Å². The molecule has 1 saturated carbocycles. The molecule has 0 spiro atoms. The minimum Gasteiger partial charge on any atom is -0.468 e. The first-order valence-corrected chi connectivity index (χ1v) is 9.25. The summed E-state index contributed by atoms with van der Waals surface area (Å²) < 4.78 is 23.4. The molecule has 0 radical (unpaired) electrons. The predicted octanol–water partition coefficient (Wildman–Crippen LogP) is 1.88. The summed E-state index contributed by atoms with van der Waals surface area (Å²) >= 11 is 0. The normalized spacial score (nSPS) is 18.7. The first-order chi connectivity index (χ1) is 14.1. The van der Waals surface area contributed by atoms with Gasteiger partial charge in [-0.25, -0.2) is 9.37 Å². The molecule has 3 aromatic heterocycles. The van der Waals surface area contributed by atoms with Crippen LogP contribution in [0.5, 0.6) is 5.88 Å². The van der Waals surface area contributed by atoms with Crippen LogP contribution in [-0.4, -0.2) is 45.8 Å². The lowest BCUT2D eigenvalue weighted by molar-refractivity contribution is 0.0730.